The van der Waals surface area contributed by atoms with Crippen molar-refractivity contribution in [3.63, 3.8) is 0 Å². The van der Waals surface area contributed by atoms with Crippen LogP contribution in [0.1, 0.15) is 25.8 Å². The SMILES string of the molecule is CC1(C)CC2=C(C(=O)O1)C(O)(C(F)(F)F)C(=O)N2Cc1ccccc1. The number of esters is 1. The molecule has 0 radical (unpaired) electrons. The Labute approximate surface area is 141 Å². The monoisotopic (exact) mass is 355 g/mol. The third kappa shape index (κ3) is 2.60. The number of aliphatic hydroxyl groups is 1. The number of cyclic esters (lactones) is 1. The fourth-order valence-electron chi connectivity index (χ4n) is 3.16. The number of rotatable bonds is 2. The van der Waals surface area contributed by atoms with Gasteiger partial charge < -0.3 is 14.7 Å². The first-order valence-electron chi connectivity index (χ1n) is 7.59. The van der Waals surface area contributed by atoms with Crippen molar-refractivity contribution in [1.82, 2.24) is 4.90 Å². The van der Waals surface area contributed by atoms with E-state index in [1.165, 1.54) is 13.8 Å². The number of nitrogens with zero attached hydrogens (tertiary/aromatic N) is 1. The minimum atomic E-state index is -5.34. The van der Waals surface area contributed by atoms with Gasteiger partial charge in [0.2, 0.25) is 0 Å². The van der Waals surface area contributed by atoms with E-state index in [0.29, 0.717) is 5.56 Å². The second-order valence-electron chi connectivity index (χ2n) is 6.73. The molecule has 25 heavy (non-hydrogen) atoms. The fourth-order valence-corrected chi connectivity index (χ4v) is 3.16. The van der Waals surface area contributed by atoms with E-state index in [1.807, 2.05) is 0 Å². The molecule has 0 bridgehead atoms. The standard InChI is InChI=1S/C17H16F3NO4/c1-15(2)8-11-12(13(22)25-15)16(24,17(18,19)20)14(23)21(11)9-10-6-4-3-5-7-10/h3-7,24H,8-9H2,1-2H3. The lowest BCUT2D eigenvalue weighted by atomic mass is 9.88. The van der Waals surface area contributed by atoms with Gasteiger partial charge in [-0.05, 0) is 19.4 Å². The normalized spacial score (nSPS) is 25.9. The third-order valence-corrected chi connectivity index (χ3v) is 4.29. The Bertz CT molecular complexity index is 770. The van der Waals surface area contributed by atoms with Gasteiger partial charge in [-0.1, -0.05) is 30.3 Å². The van der Waals surface area contributed by atoms with Crippen LogP contribution in [0.3, 0.4) is 0 Å². The molecule has 5 nitrogen and oxygen atoms in total. The van der Waals surface area contributed by atoms with Crippen LogP contribution in [-0.4, -0.2) is 39.3 Å². The van der Waals surface area contributed by atoms with Crippen molar-refractivity contribution in [3.05, 3.63) is 47.2 Å². The summed E-state index contributed by atoms with van der Waals surface area (Å²) in [6.07, 6.45) is -5.44. The van der Waals surface area contributed by atoms with E-state index in [1.54, 1.807) is 30.3 Å². The number of benzene rings is 1. The summed E-state index contributed by atoms with van der Waals surface area (Å²) >= 11 is 0. The van der Waals surface area contributed by atoms with Crippen LogP contribution in [-0.2, 0) is 20.9 Å². The Morgan fingerprint density at radius 1 is 1.20 bits per heavy atom. The molecule has 0 fully saturated rings. The maximum Gasteiger partial charge on any atom is 0.431 e. The third-order valence-electron chi connectivity index (χ3n) is 4.29. The molecule has 0 spiro atoms. The van der Waals surface area contributed by atoms with Gasteiger partial charge in [-0.2, -0.15) is 13.2 Å². The Hall–Kier alpha value is -2.35. The minimum Gasteiger partial charge on any atom is -0.456 e. The maximum atomic E-state index is 13.5. The lowest BCUT2D eigenvalue weighted by Crippen LogP contribution is -2.55. The molecule has 134 valence electrons. The maximum absolute atomic E-state index is 13.5. The molecule has 2 aliphatic rings. The average Bonchev–Trinajstić information content (AvgIpc) is 2.69. The molecule has 0 saturated carbocycles. The Balaban J connectivity index is 2.13. The minimum absolute atomic E-state index is 0.106. The number of hydrogen-bond donors (Lipinski definition) is 1. The molecule has 1 unspecified atom stereocenters. The van der Waals surface area contributed by atoms with Crippen molar-refractivity contribution >= 4 is 11.9 Å². The number of alkyl halides is 3. The predicted molar refractivity (Wildman–Crippen MR) is 79.8 cm³/mol. The average molecular weight is 355 g/mol. The molecule has 1 amide bonds. The zero-order valence-corrected chi connectivity index (χ0v) is 13.6. The van der Waals surface area contributed by atoms with E-state index >= 15 is 0 Å². The topological polar surface area (TPSA) is 66.8 Å². The van der Waals surface area contributed by atoms with Gasteiger partial charge in [0.05, 0.1) is 6.54 Å². The van der Waals surface area contributed by atoms with Crippen molar-refractivity contribution in [1.29, 1.82) is 0 Å². The molecule has 0 aromatic heterocycles. The second-order valence-corrected chi connectivity index (χ2v) is 6.73. The summed E-state index contributed by atoms with van der Waals surface area (Å²) in [5.74, 6) is -2.90. The fraction of sp³-hybridized carbons (Fsp3) is 0.412. The Morgan fingerprint density at radius 2 is 1.80 bits per heavy atom. The number of hydrogen-bond acceptors (Lipinski definition) is 4. The number of carbonyl (C=O) groups excluding carboxylic acids is 2. The van der Waals surface area contributed by atoms with Gasteiger partial charge in [0.1, 0.15) is 11.2 Å². The van der Waals surface area contributed by atoms with Crippen molar-refractivity contribution in [3.8, 4) is 0 Å². The van der Waals surface area contributed by atoms with Crippen LogP contribution in [0.5, 0.6) is 0 Å². The van der Waals surface area contributed by atoms with Gasteiger partial charge in [-0.25, -0.2) is 4.79 Å². The Morgan fingerprint density at radius 3 is 2.36 bits per heavy atom. The molecule has 1 aromatic carbocycles. The van der Waals surface area contributed by atoms with Crippen LogP contribution in [0.2, 0.25) is 0 Å². The molecule has 0 saturated heterocycles. The van der Waals surface area contributed by atoms with Gasteiger partial charge in [-0.3, -0.25) is 4.79 Å². The van der Waals surface area contributed by atoms with Gasteiger partial charge in [0.15, 0.2) is 0 Å². The van der Waals surface area contributed by atoms with Crippen LogP contribution in [0.15, 0.2) is 41.6 Å². The molecule has 1 atom stereocenters. The van der Waals surface area contributed by atoms with Crippen molar-refractivity contribution in [2.75, 3.05) is 0 Å². The van der Waals surface area contributed by atoms with Crippen molar-refractivity contribution < 1.29 is 32.6 Å². The Kier molecular flexibility index (Phi) is 3.72. The molecular weight excluding hydrogens is 339 g/mol. The number of amides is 1. The van der Waals surface area contributed by atoms with Crippen LogP contribution in [0, 0.1) is 0 Å². The van der Waals surface area contributed by atoms with E-state index in [0.717, 1.165) is 4.90 Å². The lowest BCUT2D eigenvalue weighted by Gasteiger charge is -2.33. The summed E-state index contributed by atoms with van der Waals surface area (Å²) in [6.45, 7) is 2.88. The van der Waals surface area contributed by atoms with Crippen molar-refractivity contribution in [2.45, 2.75) is 44.2 Å². The van der Waals surface area contributed by atoms with E-state index in [4.69, 9.17) is 4.74 Å². The van der Waals surface area contributed by atoms with Crippen LogP contribution < -0.4 is 0 Å². The molecule has 8 heteroatoms. The summed E-state index contributed by atoms with van der Waals surface area (Å²) < 4.78 is 45.5. The number of ether oxygens (including phenoxy) is 1. The molecule has 0 aliphatic carbocycles. The number of halogens is 3. The van der Waals surface area contributed by atoms with Crippen molar-refractivity contribution in [2.24, 2.45) is 0 Å². The first-order valence-corrected chi connectivity index (χ1v) is 7.59. The molecule has 1 N–H and O–H groups in total. The summed E-state index contributed by atoms with van der Waals surface area (Å²) in [7, 11) is 0. The predicted octanol–water partition coefficient (Wildman–Crippen LogP) is 2.30. The number of carbonyl (C=O) groups is 2. The molecule has 2 heterocycles. The highest BCUT2D eigenvalue weighted by Crippen LogP contribution is 2.49. The van der Waals surface area contributed by atoms with Gasteiger partial charge >= 0.3 is 12.1 Å². The molecular formula is C17H16F3NO4. The van der Waals surface area contributed by atoms with Crippen LogP contribution in [0.4, 0.5) is 13.2 Å². The second kappa shape index (κ2) is 5.32. The van der Waals surface area contributed by atoms with Crippen LogP contribution in [0.25, 0.3) is 0 Å². The highest BCUT2D eigenvalue weighted by Gasteiger charge is 2.71. The molecule has 3 rings (SSSR count). The smallest absolute Gasteiger partial charge is 0.431 e. The summed E-state index contributed by atoms with van der Waals surface area (Å²) in [5.41, 5.74) is -5.56. The summed E-state index contributed by atoms with van der Waals surface area (Å²) in [4.78, 5) is 25.5. The van der Waals surface area contributed by atoms with E-state index in [-0.39, 0.29) is 18.7 Å². The summed E-state index contributed by atoms with van der Waals surface area (Å²) in [5, 5.41) is 10.2. The molecule has 2 aliphatic heterocycles. The largest absolute Gasteiger partial charge is 0.456 e. The summed E-state index contributed by atoms with van der Waals surface area (Å²) in [6, 6.07) is 8.38. The zero-order valence-electron chi connectivity index (χ0n) is 13.6. The van der Waals surface area contributed by atoms with Gasteiger partial charge in [0, 0.05) is 12.1 Å². The first-order chi connectivity index (χ1) is 11.5. The van der Waals surface area contributed by atoms with E-state index < -0.39 is 34.8 Å². The van der Waals surface area contributed by atoms with E-state index in [2.05, 4.69) is 0 Å². The molecule has 1 aromatic rings. The first kappa shape index (κ1) is 17.5. The van der Waals surface area contributed by atoms with E-state index in [9.17, 15) is 27.9 Å². The highest BCUT2D eigenvalue weighted by atomic mass is 19.4. The quantitative estimate of drug-likeness (QED) is 0.827. The zero-order chi connectivity index (χ0) is 18.6. The van der Waals surface area contributed by atoms with Crippen LogP contribution >= 0.6 is 0 Å². The van der Waals surface area contributed by atoms with Gasteiger partial charge in [-0.15, -0.1) is 0 Å². The van der Waals surface area contributed by atoms with Gasteiger partial charge in [0.25, 0.3) is 11.5 Å². The highest BCUT2D eigenvalue weighted by molar-refractivity contribution is 6.08. The lowest BCUT2D eigenvalue weighted by molar-refractivity contribution is -0.240.